The molecule has 2 aromatic rings. The molecule has 0 saturated carbocycles. The minimum absolute atomic E-state index is 0.289. The van der Waals surface area contributed by atoms with E-state index >= 15 is 0 Å². The molecule has 1 aromatic heterocycles. The molecule has 0 amide bonds. The van der Waals surface area contributed by atoms with Crippen molar-refractivity contribution in [2.45, 2.75) is 18.4 Å². The molecule has 1 unspecified atom stereocenters. The minimum Gasteiger partial charge on any atom is -0.379 e. The smallest absolute Gasteiger partial charge is 0.0688 e. The van der Waals surface area contributed by atoms with Crippen LogP contribution in [0.2, 0.25) is 0 Å². The molecule has 2 heterocycles. The first-order valence-electron chi connectivity index (χ1n) is 5.63. The first-order valence-corrected chi connectivity index (χ1v) is 6.51. The number of fused-ring (bicyclic) bond motifs is 1. The fraction of sp³-hybridized carbons (Fsp3) is 0.385. The van der Waals surface area contributed by atoms with Gasteiger partial charge in [-0.2, -0.15) is 0 Å². The van der Waals surface area contributed by atoms with Gasteiger partial charge < -0.3 is 10.5 Å². The number of rotatable bonds is 1. The van der Waals surface area contributed by atoms with Crippen molar-refractivity contribution >= 4 is 21.4 Å². The summed E-state index contributed by atoms with van der Waals surface area (Å²) in [5.41, 5.74) is 7.45. The summed E-state index contributed by atoms with van der Waals surface area (Å²) < 4.78 is 6.86. The number of benzene rings is 1. The van der Waals surface area contributed by atoms with Crippen molar-refractivity contribution in [3.05, 3.63) is 35.2 Å². The maximum absolute atomic E-state index is 6.49. The summed E-state index contributed by atoms with van der Waals surface area (Å²) >= 11 is 1.77. The molecule has 1 saturated heterocycles. The number of thiophene rings is 1. The topological polar surface area (TPSA) is 35.2 Å². The molecular formula is C13H15NOS. The van der Waals surface area contributed by atoms with E-state index in [-0.39, 0.29) is 5.54 Å². The van der Waals surface area contributed by atoms with E-state index in [0.29, 0.717) is 6.61 Å². The molecule has 1 aromatic carbocycles. The van der Waals surface area contributed by atoms with Crippen LogP contribution >= 0.6 is 11.3 Å². The van der Waals surface area contributed by atoms with Crippen molar-refractivity contribution in [1.82, 2.24) is 0 Å². The number of hydrogen-bond donors (Lipinski definition) is 1. The van der Waals surface area contributed by atoms with Gasteiger partial charge in [0.2, 0.25) is 0 Å². The van der Waals surface area contributed by atoms with E-state index in [0.717, 1.165) is 19.4 Å². The highest BCUT2D eigenvalue weighted by atomic mass is 32.1. The van der Waals surface area contributed by atoms with E-state index in [1.807, 2.05) is 0 Å². The Morgan fingerprint density at radius 1 is 1.31 bits per heavy atom. The molecule has 0 radical (unpaired) electrons. The summed E-state index contributed by atoms with van der Waals surface area (Å²) in [5, 5.41) is 3.42. The average Bonchev–Trinajstić information content (AvgIpc) is 2.77. The Morgan fingerprint density at radius 2 is 2.25 bits per heavy atom. The second-order valence-corrected chi connectivity index (χ2v) is 5.37. The summed E-state index contributed by atoms with van der Waals surface area (Å²) in [6.07, 6.45) is 2.07. The second kappa shape index (κ2) is 3.84. The van der Waals surface area contributed by atoms with Gasteiger partial charge in [-0.25, -0.2) is 0 Å². The van der Waals surface area contributed by atoms with E-state index in [4.69, 9.17) is 10.5 Å². The summed E-state index contributed by atoms with van der Waals surface area (Å²) in [6, 6.07) is 8.53. The average molecular weight is 233 g/mol. The van der Waals surface area contributed by atoms with Crippen LogP contribution in [0, 0.1) is 0 Å². The summed E-state index contributed by atoms with van der Waals surface area (Å²) in [5.74, 6) is 0. The molecule has 0 bridgehead atoms. The van der Waals surface area contributed by atoms with Gasteiger partial charge in [-0.15, -0.1) is 11.3 Å². The number of nitrogens with two attached hydrogens (primary N) is 1. The third-order valence-corrected chi connectivity index (χ3v) is 4.25. The lowest BCUT2D eigenvalue weighted by Gasteiger charge is -2.34. The van der Waals surface area contributed by atoms with E-state index in [9.17, 15) is 0 Å². The Balaban J connectivity index is 2.13. The molecule has 1 aliphatic heterocycles. The summed E-state index contributed by atoms with van der Waals surface area (Å²) in [6.45, 7) is 1.49. The third kappa shape index (κ3) is 1.56. The molecule has 3 heteroatoms. The van der Waals surface area contributed by atoms with Crippen LogP contribution < -0.4 is 5.73 Å². The first-order chi connectivity index (χ1) is 7.80. The van der Waals surface area contributed by atoms with E-state index in [1.165, 1.54) is 15.6 Å². The Hall–Kier alpha value is -0.900. The van der Waals surface area contributed by atoms with Gasteiger partial charge in [0, 0.05) is 11.3 Å². The standard InChI is InChI=1S/C13H15NOS/c14-13(6-2-7-15-9-13)11-4-1-3-10-5-8-16-12(10)11/h1,3-5,8H,2,6-7,9,14H2. The molecular weight excluding hydrogens is 218 g/mol. The predicted molar refractivity (Wildman–Crippen MR) is 67.7 cm³/mol. The van der Waals surface area contributed by atoms with Crippen LogP contribution in [0.3, 0.4) is 0 Å². The molecule has 16 heavy (non-hydrogen) atoms. The summed E-state index contributed by atoms with van der Waals surface area (Å²) in [7, 11) is 0. The van der Waals surface area contributed by atoms with Gasteiger partial charge in [0.15, 0.2) is 0 Å². The van der Waals surface area contributed by atoms with Gasteiger partial charge >= 0.3 is 0 Å². The first kappa shape index (κ1) is 10.3. The van der Waals surface area contributed by atoms with Crippen molar-refractivity contribution < 1.29 is 4.74 Å². The van der Waals surface area contributed by atoms with E-state index < -0.39 is 0 Å². The van der Waals surface area contributed by atoms with Crippen LogP contribution in [-0.4, -0.2) is 13.2 Å². The maximum Gasteiger partial charge on any atom is 0.0688 e. The monoisotopic (exact) mass is 233 g/mol. The highest BCUT2D eigenvalue weighted by molar-refractivity contribution is 7.17. The van der Waals surface area contributed by atoms with E-state index in [1.54, 1.807) is 11.3 Å². The molecule has 1 atom stereocenters. The van der Waals surface area contributed by atoms with Gasteiger partial charge in [-0.3, -0.25) is 0 Å². The normalized spacial score (nSPS) is 26.1. The van der Waals surface area contributed by atoms with Crippen LogP contribution in [0.4, 0.5) is 0 Å². The molecule has 1 aliphatic rings. The van der Waals surface area contributed by atoms with Crippen LogP contribution in [-0.2, 0) is 10.3 Å². The molecule has 3 rings (SSSR count). The lowest BCUT2D eigenvalue weighted by Crippen LogP contribution is -2.44. The molecule has 1 fully saturated rings. The molecule has 2 N–H and O–H groups in total. The fourth-order valence-electron chi connectivity index (χ4n) is 2.41. The Labute approximate surface area is 99.0 Å². The van der Waals surface area contributed by atoms with Crippen LogP contribution in [0.25, 0.3) is 10.1 Å². The summed E-state index contributed by atoms with van der Waals surface area (Å²) in [4.78, 5) is 0. The van der Waals surface area contributed by atoms with E-state index in [2.05, 4.69) is 29.6 Å². The van der Waals surface area contributed by atoms with Gasteiger partial charge in [-0.1, -0.05) is 18.2 Å². The van der Waals surface area contributed by atoms with Gasteiger partial charge in [-0.05, 0) is 35.2 Å². The Morgan fingerprint density at radius 3 is 3.06 bits per heavy atom. The Kier molecular flexibility index (Phi) is 2.46. The highest BCUT2D eigenvalue weighted by Gasteiger charge is 2.31. The predicted octanol–water partition coefficient (Wildman–Crippen LogP) is 2.87. The molecule has 0 aliphatic carbocycles. The van der Waals surface area contributed by atoms with Crippen LogP contribution in [0.5, 0.6) is 0 Å². The van der Waals surface area contributed by atoms with Crippen LogP contribution in [0.1, 0.15) is 18.4 Å². The number of ether oxygens (including phenoxy) is 1. The van der Waals surface area contributed by atoms with Gasteiger partial charge in [0.25, 0.3) is 0 Å². The minimum atomic E-state index is -0.289. The van der Waals surface area contributed by atoms with Crippen molar-refractivity contribution in [2.24, 2.45) is 5.73 Å². The second-order valence-electron chi connectivity index (χ2n) is 4.46. The SMILES string of the molecule is NC1(c2cccc3ccsc23)CCCOC1. The van der Waals surface area contributed by atoms with Gasteiger partial charge in [0.1, 0.15) is 0 Å². The largest absolute Gasteiger partial charge is 0.379 e. The van der Waals surface area contributed by atoms with Crippen molar-refractivity contribution in [3.63, 3.8) is 0 Å². The number of hydrogen-bond acceptors (Lipinski definition) is 3. The van der Waals surface area contributed by atoms with Gasteiger partial charge in [0.05, 0.1) is 12.1 Å². The quantitative estimate of drug-likeness (QED) is 0.822. The van der Waals surface area contributed by atoms with Crippen molar-refractivity contribution in [3.8, 4) is 0 Å². The third-order valence-electron chi connectivity index (χ3n) is 3.29. The highest BCUT2D eigenvalue weighted by Crippen LogP contribution is 2.35. The molecule has 84 valence electrons. The molecule has 2 nitrogen and oxygen atoms in total. The van der Waals surface area contributed by atoms with Crippen LogP contribution in [0.15, 0.2) is 29.6 Å². The fourth-order valence-corrected chi connectivity index (χ4v) is 3.43. The molecule has 0 spiro atoms. The lowest BCUT2D eigenvalue weighted by atomic mass is 9.85. The lowest BCUT2D eigenvalue weighted by molar-refractivity contribution is 0.0373. The van der Waals surface area contributed by atoms with Crippen molar-refractivity contribution in [2.75, 3.05) is 13.2 Å². The Bertz CT molecular complexity index is 499. The maximum atomic E-state index is 6.49. The zero-order valence-electron chi connectivity index (χ0n) is 9.11. The zero-order valence-corrected chi connectivity index (χ0v) is 9.93. The van der Waals surface area contributed by atoms with Crippen molar-refractivity contribution in [1.29, 1.82) is 0 Å². The zero-order chi connectivity index (χ0) is 11.0.